The van der Waals surface area contributed by atoms with Gasteiger partial charge in [0.1, 0.15) is 18.1 Å². The molecule has 0 saturated carbocycles. The van der Waals surface area contributed by atoms with E-state index in [4.69, 9.17) is 18.6 Å². The summed E-state index contributed by atoms with van der Waals surface area (Å²) in [5.74, 6) is 1.89. The Kier molecular flexibility index (Phi) is 5.48. The van der Waals surface area contributed by atoms with Crippen molar-refractivity contribution in [1.82, 2.24) is 9.88 Å². The van der Waals surface area contributed by atoms with E-state index in [1.54, 1.807) is 32.5 Å². The molecule has 7 nitrogen and oxygen atoms in total. The first kappa shape index (κ1) is 21.0. The average Bonchev–Trinajstić information content (AvgIpc) is 2.84. The van der Waals surface area contributed by atoms with Gasteiger partial charge in [0.25, 0.3) is 0 Å². The quantitative estimate of drug-likeness (QED) is 0.419. The molecule has 4 aromatic rings. The molecular formula is C26H24N2O5. The molecule has 0 saturated heterocycles. The van der Waals surface area contributed by atoms with Crippen LogP contribution in [-0.4, -0.2) is 30.8 Å². The molecule has 3 heterocycles. The number of methoxy groups -OCH3 is 2. The molecule has 0 amide bonds. The normalized spacial score (nSPS) is 13.4. The Morgan fingerprint density at radius 2 is 1.91 bits per heavy atom. The summed E-state index contributed by atoms with van der Waals surface area (Å²) in [6.45, 7) is 3.62. The molecule has 0 bridgehead atoms. The Bertz CT molecular complexity index is 1380. The smallest absolute Gasteiger partial charge is 0.344 e. The highest BCUT2D eigenvalue weighted by Crippen LogP contribution is 2.37. The van der Waals surface area contributed by atoms with Gasteiger partial charge in [0, 0.05) is 24.7 Å². The van der Waals surface area contributed by atoms with Crippen LogP contribution in [0.3, 0.4) is 0 Å². The minimum Gasteiger partial charge on any atom is -0.493 e. The van der Waals surface area contributed by atoms with Gasteiger partial charge >= 0.3 is 5.63 Å². The lowest BCUT2D eigenvalue weighted by molar-refractivity contribution is 0.0878. The highest BCUT2D eigenvalue weighted by molar-refractivity contribution is 5.90. The number of hydrogen-bond donors (Lipinski definition) is 0. The lowest BCUT2D eigenvalue weighted by atomic mass is 9.97. The van der Waals surface area contributed by atoms with Gasteiger partial charge < -0.3 is 18.6 Å². The Balaban J connectivity index is 1.57. The summed E-state index contributed by atoms with van der Waals surface area (Å²) in [6.07, 6.45) is 1.78. The predicted molar refractivity (Wildman–Crippen MR) is 125 cm³/mol. The van der Waals surface area contributed by atoms with Crippen molar-refractivity contribution < 1.29 is 18.6 Å². The Labute approximate surface area is 191 Å². The van der Waals surface area contributed by atoms with E-state index >= 15 is 0 Å². The maximum absolute atomic E-state index is 13.2. The molecule has 0 fully saturated rings. The van der Waals surface area contributed by atoms with Crippen molar-refractivity contribution in [2.24, 2.45) is 0 Å². The number of rotatable bonds is 5. The molecule has 33 heavy (non-hydrogen) atoms. The second-order valence-electron chi connectivity index (χ2n) is 7.96. The molecule has 0 aliphatic carbocycles. The first-order chi connectivity index (χ1) is 16.1. The summed E-state index contributed by atoms with van der Waals surface area (Å²) in [5.41, 5.74) is 4.05. The van der Waals surface area contributed by atoms with Crippen LogP contribution >= 0.6 is 0 Å². The van der Waals surface area contributed by atoms with Crippen molar-refractivity contribution in [1.29, 1.82) is 0 Å². The van der Waals surface area contributed by atoms with Gasteiger partial charge in [-0.1, -0.05) is 12.1 Å². The molecule has 0 unspecified atom stereocenters. The van der Waals surface area contributed by atoms with Crippen LogP contribution in [-0.2, 0) is 13.1 Å². The fourth-order valence-corrected chi connectivity index (χ4v) is 4.32. The van der Waals surface area contributed by atoms with Crippen molar-refractivity contribution in [2.75, 3.05) is 21.0 Å². The van der Waals surface area contributed by atoms with Crippen molar-refractivity contribution in [3.05, 3.63) is 82.0 Å². The number of nitrogens with zero attached hydrogens (tertiary/aromatic N) is 2. The van der Waals surface area contributed by atoms with Crippen LogP contribution in [0.15, 0.2) is 63.9 Å². The van der Waals surface area contributed by atoms with Crippen LogP contribution in [0.25, 0.3) is 22.1 Å². The van der Waals surface area contributed by atoms with Crippen molar-refractivity contribution in [3.63, 3.8) is 0 Å². The molecule has 1 aliphatic rings. The van der Waals surface area contributed by atoms with Gasteiger partial charge in [-0.05, 0) is 54.4 Å². The SMILES string of the molecule is COc1ccc(-c2c(C)c3ccc4c(c3oc2=O)CN(Cc2ccccn2)CO4)cc1OC. The van der Waals surface area contributed by atoms with Crippen molar-refractivity contribution in [3.8, 4) is 28.4 Å². The number of aromatic nitrogens is 1. The van der Waals surface area contributed by atoms with Gasteiger partial charge in [0.2, 0.25) is 0 Å². The van der Waals surface area contributed by atoms with E-state index in [0.717, 1.165) is 28.0 Å². The summed E-state index contributed by atoms with van der Waals surface area (Å²) < 4.78 is 22.6. The number of pyridine rings is 1. The molecule has 0 spiro atoms. The van der Waals surface area contributed by atoms with Gasteiger partial charge in [-0.2, -0.15) is 0 Å². The molecule has 1 aliphatic heterocycles. The zero-order valence-electron chi connectivity index (χ0n) is 18.8. The minimum absolute atomic E-state index is 0.400. The van der Waals surface area contributed by atoms with Crippen LogP contribution in [0, 0.1) is 6.92 Å². The summed E-state index contributed by atoms with van der Waals surface area (Å²) in [6, 6.07) is 15.2. The third-order valence-electron chi connectivity index (χ3n) is 5.96. The van der Waals surface area contributed by atoms with E-state index in [0.29, 0.717) is 48.0 Å². The van der Waals surface area contributed by atoms with Gasteiger partial charge in [0.15, 0.2) is 11.5 Å². The van der Waals surface area contributed by atoms with E-state index in [2.05, 4.69) is 9.88 Å². The summed E-state index contributed by atoms with van der Waals surface area (Å²) in [7, 11) is 3.15. The first-order valence-electron chi connectivity index (χ1n) is 10.7. The van der Waals surface area contributed by atoms with E-state index < -0.39 is 5.63 Å². The molecule has 2 aromatic carbocycles. The molecule has 2 aromatic heterocycles. The van der Waals surface area contributed by atoms with E-state index in [1.165, 1.54) is 0 Å². The number of hydrogen-bond acceptors (Lipinski definition) is 7. The van der Waals surface area contributed by atoms with E-state index in [1.807, 2.05) is 43.3 Å². The maximum atomic E-state index is 13.2. The molecule has 7 heteroatoms. The van der Waals surface area contributed by atoms with Crippen LogP contribution in [0.4, 0.5) is 0 Å². The monoisotopic (exact) mass is 444 g/mol. The Hall–Kier alpha value is -3.84. The van der Waals surface area contributed by atoms with Gasteiger partial charge in [0.05, 0.1) is 31.0 Å². The second kappa shape index (κ2) is 8.60. The van der Waals surface area contributed by atoms with Gasteiger partial charge in [-0.15, -0.1) is 0 Å². The van der Waals surface area contributed by atoms with Crippen LogP contribution < -0.4 is 19.8 Å². The lowest BCUT2D eigenvalue weighted by Gasteiger charge is -2.29. The highest BCUT2D eigenvalue weighted by Gasteiger charge is 2.24. The third-order valence-corrected chi connectivity index (χ3v) is 5.96. The molecular weight excluding hydrogens is 420 g/mol. The maximum Gasteiger partial charge on any atom is 0.344 e. The summed E-state index contributed by atoms with van der Waals surface area (Å²) in [5, 5.41) is 0.876. The van der Waals surface area contributed by atoms with Crippen LogP contribution in [0.1, 0.15) is 16.8 Å². The first-order valence-corrected chi connectivity index (χ1v) is 10.7. The zero-order chi connectivity index (χ0) is 22.9. The number of benzene rings is 2. The average molecular weight is 444 g/mol. The lowest BCUT2D eigenvalue weighted by Crippen LogP contribution is -2.32. The molecule has 0 N–H and O–H groups in total. The third kappa shape index (κ3) is 3.81. The van der Waals surface area contributed by atoms with Crippen molar-refractivity contribution >= 4 is 11.0 Å². The van der Waals surface area contributed by atoms with Gasteiger partial charge in [-0.3, -0.25) is 9.88 Å². The zero-order valence-corrected chi connectivity index (χ0v) is 18.8. The Morgan fingerprint density at radius 1 is 1.06 bits per heavy atom. The minimum atomic E-state index is -0.400. The second-order valence-corrected chi connectivity index (χ2v) is 7.96. The standard InChI is InChI=1S/C26H24N2O5/c1-16-19-8-10-21-20(14-28(15-32-21)13-18-6-4-5-11-27-18)25(19)33-26(29)24(16)17-7-9-22(30-2)23(12-17)31-3/h4-12H,13-15H2,1-3H3. The van der Waals surface area contributed by atoms with Crippen molar-refractivity contribution in [2.45, 2.75) is 20.0 Å². The fourth-order valence-electron chi connectivity index (χ4n) is 4.32. The summed E-state index contributed by atoms with van der Waals surface area (Å²) >= 11 is 0. The topological polar surface area (TPSA) is 74.0 Å². The number of fused-ring (bicyclic) bond motifs is 3. The molecule has 168 valence electrons. The van der Waals surface area contributed by atoms with Gasteiger partial charge in [-0.25, -0.2) is 4.79 Å². The summed E-state index contributed by atoms with van der Waals surface area (Å²) in [4.78, 5) is 19.7. The molecule has 0 atom stereocenters. The largest absolute Gasteiger partial charge is 0.493 e. The Morgan fingerprint density at radius 3 is 2.67 bits per heavy atom. The number of aryl methyl sites for hydroxylation is 1. The highest BCUT2D eigenvalue weighted by atomic mass is 16.5. The molecule has 0 radical (unpaired) electrons. The van der Waals surface area contributed by atoms with Crippen LogP contribution in [0.5, 0.6) is 17.2 Å². The van der Waals surface area contributed by atoms with E-state index in [-0.39, 0.29) is 0 Å². The predicted octanol–water partition coefficient (Wildman–Crippen LogP) is 4.53. The fraction of sp³-hybridized carbons (Fsp3) is 0.231. The van der Waals surface area contributed by atoms with E-state index in [9.17, 15) is 4.79 Å². The molecule has 5 rings (SSSR count). The van der Waals surface area contributed by atoms with Crippen LogP contribution in [0.2, 0.25) is 0 Å². The number of ether oxygens (including phenoxy) is 3.